The van der Waals surface area contributed by atoms with E-state index in [0.717, 1.165) is 29.4 Å². The zero-order valence-electron chi connectivity index (χ0n) is 11.4. The minimum absolute atomic E-state index is 0.403. The Kier molecular flexibility index (Phi) is 5.25. The van der Waals surface area contributed by atoms with Crippen molar-refractivity contribution in [2.75, 3.05) is 19.8 Å². The number of ether oxygens (including phenoxy) is 2. The molecule has 0 aromatic heterocycles. The van der Waals surface area contributed by atoms with Gasteiger partial charge in [-0.15, -0.1) is 0 Å². The molecule has 1 aliphatic heterocycles. The SMILES string of the molecule is CCCNC(C(N)=O)c1cc(Br)c2c(c1)OCCCO2. The fourth-order valence-corrected chi connectivity index (χ4v) is 2.66. The van der Waals surface area contributed by atoms with Crippen LogP contribution in [0.4, 0.5) is 0 Å². The zero-order valence-corrected chi connectivity index (χ0v) is 13.0. The number of carbonyl (C=O) groups is 1. The maximum absolute atomic E-state index is 11.6. The number of rotatable bonds is 5. The number of fused-ring (bicyclic) bond motifs is 1. The standard InChI is InChI=1S/C14H19BrN2O3/c1-2-4-17-12(14(16)18)9-7-10(15)13-11(8-9)19-5-3-6-20-13/h7-8,12,17H,2-6H2,1H3,(H2,16,18). The van der Waals surface area contributed by atoms with Crippen molar-refractivity contribution in [3.05, 3.63) is 22.2 Å². The number of hydrogen-bond acceptors (Lipinski definition) is 4. The second-order valence-corrected chi connectivity index (χ2v) is 5.52. The van der Waals surface area contributed by atoms with Gasteiger partial charge in [-0.3, -0.25) is 4.79 Å². The highest BCUT2D eigenvalue weighted by Crippen LogP contribution is 2.39. The van der Waals surface area contributed by atoms with Crippen LogP contribution in [-0.4, -0.2) is 25.7 Å². The third kappa shape index (κ3) is 3.43. The Morgan fingerprint density at radius 3 is 2.90 bits per heavy atom. The summed E-state index contributed by atoms with van der Waals surface area (Å²) in [7, 11) is 0. The Hall–Kier alpha value is -1.27. The van der Waals surface area contributed by atoms with E-state index in [0.29, 0.717) is 24.7 Å². The van der Waals surface area contributed by atoms with Gasteiger partial charge >= 0.3 is 0 Å². The van der Waals surface area contributed by atoms with Crippen LogP contribution in [0.5, 0.6) is 11.5 Å². The molecule has 2 rings (SSSR count). The molecule has 0 spiro atoms. The summed E-state index contributed by atoms with van der Waals surface area (Å²) in [5.74, 6) is 0.932. The van der Waals surface area contributed by atoms with Crippen molar-refractivity contribution in [3.8, 4) is 11.5 Å². The fraction of sp³-hybridized carbons (Fsp3) is 0.500. The molecule has 0 saturated carbocycles. The molecular formula is C14H19BrN2O3. The first-order chi connectivity index (χ1) is 9.63. The highest BCUT2D eigenvalue weighted by atomic mass is 79.9. The first kappa shape index (κ1) is 15.1. The van der Waals surface area contributed by atoms with Crippen molar-refractivity contribution < 1.29 is 14.3 Å². The summed E-state index contributed by atoms with van der Waals surface area (Å²) in [4.78, 5) is 11.6. The third-order valence-electron chi connectivity index (χ3n) is 3.04. The van der Waals surface area contributed by atoms with Gasteiger partial charge in [-0.05, 0) is 46.6 Å². The van der Waals surface area contributed by atoms with Crippen LogP contribution >= 0.6 is 15.9 Å². The fourth-order valence-electron chi connectivity index (χ4n) is 2.09. The Labute approximate surface area is 126 Å². The lowest BCUT2D eigenvalue weighted by Gasteiger charge is -2.18. The van der Waals surface area contributed by atoms with Gasteiger partial charge in [-0.1, -0.05) is 6.92 Å². The highest BCUT2D eigenvalue weighted by Gasteiger charge is 2.22. The minimum atomic E-state index is -0.525. The molecule has 0 fully saturated rings. The van der Waals surface area contributed by atoms with Crippen molar-refractivity contribution in [1.82, 2.24) is 5.32 Å². The van der Waals surface area contributed by atoms with Crippen LogP contribution in [0.2, 0.25) is 0 Å². The third-order valence-corrected chi connectivity index (χ3v) is 3.63. The van der Waals surface area contributed by atoms with Gasteiger partial charge in [0, 0.05) is 6.42 Å². The average Bonchev–Trinajstić information content (AvgIpc) is 2.64. The largest absolute Gasteiger partial charge is 0.490 e. The van der Waals surface area contributed by atoms with Crippen LogP contribution in [0.15, 0.2) is 16.6 Å². The first-order valence-electron chi connectivity index (χ1n) is 6.75. The number of carbonyl (C=O) groups excluding carboxylic acids is 1. The monoisotopic (exact) mass is 342 g/mol. The zero-order chi connectivity index (χ0) is 14.5. The molecule has 6 heteroatoms. The number of benzene rings is 1. The van der Waals surface area contributed by atoms with Crippen molar-refractivity contribution in [2.45, 2.75) is 25.8 Å². The number of halogens is 1. The number of nitrogens with two attached hydrogens (primary N) is 1. The molecule has 1 unspecified atom stereocenters. The van der Waals surface area contributed by atoms with Crippen LogP contribution in [0.25, 0.3) is 0 Å². The summed E-state index contributed by atoms with van der Waals surface area (Å²) >= 11 is 3.47. The summed E-state index contributed by atoms with van der Waals surface area (Å²) in [5.41, 5.74) is 6.26. The van der Waals surface area contributed by atoms with Crippen molar-refractivity contribution in [2.24, 2.45) is 5.73 Å². The van der Waals surface area contributed by atoms with E-state index in [1.807, 2.05) is 19.1 Å². The summed E-state index contributed by atoms with van der Waals surface area (Å²) in [5, 5.41) is 3.14. The van der Waals surface area contributed by atoms with Crippen LogP contribution in [0, 0.1) is 0 Å². The van der Waals surface area contributed by atoms with Crippen LogP contribution in [0.1, 0.15) is 31.4 Å². The molecule has 5 nitrogen and oxygen atoms in total. The maximum atomic E-state index is 11.6. The summed E-state index contributed by atoms with van der Waals surface area (Å²) in [6.07, 6.45) is 1.76. The number of nitrogens with one attached hydrogen (secondary N) is 1. The molecular weight excluding hydrogens is 324 g/mol. The second-order valence-electron chi connectivity index (χ2n) is 4.67. The molecule has 1 aromatic rings. The van der Waals surface area contributed by atoms with Gasteiger partial charge in [-0.2, -0.15) is 0 Å². The lowest BCUT2D eigenvalue weighted by atomic mass is 10.1. The van der Waals surface area contributed by atoms with E-state index in [1.165, 1.54) is 0 Å². The van der Waals surface area contributed by atoms with E-state index in [9.17, 15) is 4.79 Å². The summed E-state index contributed by atoms with van der Waals surface area (Å²) in [6, 6.07) is 3.15. The Morgan fingerprint density at radius 2 is 2.20 bits per heavy atom. The molecule has 110 valence electrons. The molecule has 1 aliphatic rings. The normalized spacial score (nSPS) is 15.5. The van der Waals surface area contributed by atoms with E-state index in [4.69, 9.17) is 15.2 Å². The maximum Gasteiger partial charge on any atom is 0.239 e. The second kappa shape index (κ2) is 6.95. The number of amides is 1. The highest BCUT2D eigenvalue weighted by molar-refractivity contribution is 9.10. The van der Waals surface area contributed by atoms with Gasteiger partial charge in [0.15, 0.2) is 11.5 Å². The molecule has 20 heavy (non-hydrogen) atoms. The first-order valence-corrected chi connectivity index (χ1v) is 7.54. The van der Waals surface area contributed by atoms with E-state index >= 15 is 0 Å². The molecule has 3 N–H and O–H groups in total. The summed E-state index contributed by atoms with van der Waals surface area (Å²) in [6.45, 7) is 3.99. The van der Waals surface area contributed by atoms with Gasteiger partial charge < -0.3 is 20.5 Å². The average molecular weight is 343 g/mol. The van der Waals surface area contributed by atoms with E-state index in [2.05, 4.69) is 21.2 Å². The van der Waals surface area contributed by atoms with E-state index in [-0.39, 0.29) is 0 Å². The van der Waals surface area contributed by atoms with E-state index < -0.39 is 11.9 Å². The number of primary amides is 1. The molecule has 0 bridgehead atoms. The molecule has 0 aliphatic carbocycles. The Morgan fingerprint density at radius 1 is 1.45 bits per heavy atom. The smallest absolute Gasteiger partial charge is 0.239 e. The molecule has 0 radical (unpaired) electrons. The quantitative estimate of drug-likeness (QED) is 0.859. The van der Waals surface area contributed by atoms with Crippen molar-refractivity contribution in [1.29, 1.82) is 0 Å². The van der Waals surface area contributed by atoms with Gasteiger partial charge in [0.2, 0.25) is 5.91 Å². The van der Waals surface area contributed by atoms with Gasteiger partial charge in [-0.25, -0.2) is 0 Å². The van der Waals surface area contributed by atoms with Crippen molar-refractivity contribution >= 4 is 21.8 Å². The van der Waals surface area contributed by atoms with Crippen LogP contribution < -0.4 is 20.5 Å². The van der Waals surface area contributed by atoms with Gasteiger partial charge in [0.1, 0.15) is 6.04 Å². The lowest BCUT2D eigenvalue weighted by Crippen LogP contribution is -2.34. The van der Waals surface area contributed by atoms with Crippen LogP contribution in [-0.2, 0) is 4.79 Å². The minimum Gasteiger partial charge on any atom is -0.490 e. The van der Waals surface area contributed by atoms with E-state index in [1.54, 1.807) is 0 Å². The van der Waals surface area contributed by atoms with Crippen molar-refractivity contribution in [3.63, 3.8) is 0 Å². The Balaban J connectivity index is 2.33. The molecule has 1 amide bonds. The predicted molar refractivity (Wildman–Crippen MR) is 80.0 cm³/mol. The summed E-state index contributed by atoms with van der Waals surface area (Å²) < 4.78 is 12.1. The van der Waals surface area contributed by atoms with Crippen LogP contribution in [0.3, 0.4) is 0 Å². The predicted octanol–water partition coefficient (Wildman–Crippen LogP) is 2.14. The van der Waals surface area contributed by atoms with Gasteiger partial charge in [0.05, 0.1) is 17.7 Å². The number of hydrogen-bond donors (Lipinski definition) is 2. The Bertz CT molecular complexity index is 494. The molecule has 1 aromatic carbocycles. The molecule has 1 heterocycles. The lowest BCUT2D eigenvalue weighted by molar-refractivity contribution is -0.120. The topological polar surface area (TPSA) is 73.6 Å². The molecule has 1 atom stereocenters. The van der Waals surface area contributed by atoms with Gasteiger partial charge in [0.25, 0.3) is 0 Å². The molecule has 0 saturated heterocycles.